The van der Waals surface area contributed by atoms with E-state index in [1.807, 2.05) is 31.3 Å². The molecule has 0 aliphatic carbocycles. The third kappa shape index (κ3) is 4.80. The van der Waals surface area contributed by atoms with Gasteiger partial charge in [0, 0.05) is 25.2 Å². The summed E-state index contributed by atoms with van der Waals surface area (Å²) < 4.78 is 5.69. The second-order valence-corrected chi connectivity index (χ2v) is 5.83. The van der Waals surface area contributed by atoms with Crippen molar-refractivity contribution in [2.45, 2.75) is 38.2 Å². The van der Waals surface area contributed by atoms with Crippen molar-refractivity contribution >= 4 is 17.5 Å². The van der Waals surface area contributed by atoms with E-state index in [9.17, 15) is 4.79 Å². The molecule has 4 heteroatoms. The summed E-state index contributed by atoms with van der Waals surface area (Å²) in [5.41, 5.74) is 1.00. The third-order valence-corrected chi connectivity index (χ3v) is 4.01. The molecule has 1 saturated heterocycles. The molecule has 1 aliphatic rings. The van der Waals surface area contributed by atoms with E-state index in [2.05, 4.69) is 0 Å². The Kier molecular flexibility index (Phi) is 5.86. The second kappa shape index (κ2) is 7.65. The minimum Gasteiger partial charge on any atom is -0.378 e. The molecule has 110 valence electrons. The van der Waals surface area contributed by atoms with Crippen LogP contribution in [0.15, 0.2) is 24.3 Å². The number of carbonyl (C=O) groups is 1. The van der Waals surface area contributed by atoms with Crippen LogP contribution in [0.4, 0.5) is 0 Å². The molecular formula is C16H22ClNO2. The molecule has 1 atom stereocenters. The van der Waals surface area contributed by atoms with Gasteiger partial charge in [0.15, 0.2) is 0 Å². The molecule has 0 spiro atoms. The highest BCUT2D eigenvalue weighted by Crippen LogP contribution is 2.16. The molecule has 1 heterocycles. The van der Waals surface area contributed by atoms with Crippen molar-refractivity contribution in [2.75, 3.05) is 20.2 Å². The van der Waals surface area contributed by atoms with Gasteiger partial charge in [-0.1, -0.05) is 23.7 Å². The molecular weight excluding hydrogens is 274 g/mol. The molecule has 0 radical (unpaired) electrons. The highest BCUT2D eigenvalue weighted by atomic mass is 35.5. The zero-order chi connectivity index (χ0) is 14.4. The first-order valence-electron chi connectivity index (χ1n) is 7.25. The molecule has 1 aromatic rings. The molecule has 20 heavy (non-hydrogen) atoms. The second-order valence-electron chi connectivity index (χ2n) is 5.40. The minimum atomic E-state index is 0.142. The quantitative estimate of drug-likeness (QED) is 0.834. The summed E-state index contributed by atoms with van der Waals surface area (Å²) in [5.74, 6) is 0.142. The zero-order valence-electron chi connectivity index (χ0n) is 12.0. The van der Waals surface area contributed by atoms with Crippen LogP contribution in [0, 0.1) is 0 Å². The number of halogens is 1. The Hall–Kier alpha value is -1.06. The van der Waals surface area contributed by atoms with E-state index in [0.29, 0.717) is 17.5 Å². The van der Waals surface area contributed by atoms with E-state index in [-0.39, 0.29) is 5.91 Å². The third-order valence-electron chi connectivity index (χ3n) is 3.75. The average molecular weight is 296 g/mol. The maximum atomic E-state index is 12.1. The number of amides is 1. The van der Waals surface area contributed by atoms with Crippen molar-refractivity contribution in [3.05, 3.63) is 34.9 Å². The van der Waals surface area contributed by atoms with Crippen molar-refractivity contribution in [3.63, 3.8) is 0 Å². The van der Waals surface area contributed by atoms with Crippen LogP contribution < -0.4 is 0 Å². The van der Waals surface area contributed by atoms with Crippen LogP contribution in [-0.4, -0.2) is 37.1 Å². The van der Waals surface area contributed by atoms with Gasteiger partial charge >= 0.3 is 0 Å². The normalized spacial score (nSPS) is 18.8. The number of ether oxygens (including phenoxy) is 1. The van der Waals surface area contributed by atoms with Gasteiger partial charge in [0.05, 0.1) is 12.5 Å². The predicted octanol–water partition coefficient (Wildman–Crippen LogP) is 3.30. The smallest absolute Gasteiger partial charge is 0.226 e. The summed E-state index contributed by atoms with van der Waals surface area (Å²) in [7, 11) is 1.86. The molecule has 1 fully saturated rings. The molecule has 1 aliphatic heterocycles. The summed E-state index contributed by atoms with van der Waals surface area (Å²) in [6, 6.07) is 7.44. The lowest BCUT2D eigenvalue weighted by atomic mass is 10.1. The molecule has 3 nitrogen and oxygen atoms in total. The Morgan fingerprint density at radius 2 is 2.10 bits per heavy atom. The number of nitrogens with zero attached hydrogens (tertiary/aromatic N) is 1. The van der Waals surface area contributed by atoms with Gasteiger partial charge < -0.3 is 9.64 Å². The standard InChI is InChI=1S/C16H22ClNO2/c1-18(10-9-15-4-2-3-11-20-15)16(19)12-13-5-7-14(17)8-6-13/h5-8,15H,2-4,9-12H2,1H3. The fourth-order valence-electron chi connectivity index (χ4n) is 2.41. The number of benzene rings is 1. The molecule has 0 N–H and O–H groups in total. The molecule has 2 rings (SSSR count). The number of likely N-dealkylation sites (N-methyl/N-ethyl adjacent to an activating group) is 1. The monoisotopic (exact) mass is 295 g/mol. The first-order chi connectivity index (χ1) is 9.65. The fourth-order valence-corrected chi connectivity index (χ4v) is 2.54. The summed E-state index contributed by atoms with van der Waals surface area (Å²) >= 11 is 5.84. The van der Waals surface area contributed by atoms with Crippen LogP contribution in [0.1, 0.15) is 31.2 Å². The van der Waals surface area contributed by atoms with Crippen LogP contribution in [0.25, 0.3) is 0 Å². The van der Waals surface area contributed by atoms with Gasteiger partial charge in [-0.05, 0) is 43.4 Å². The fraction of sp³-hybridized carbons (Fsp3) is 0.562. The van der Waals surface area contributed by atoms with Gasteiger partial charge in [0.25, 0.3) is 0 Å². The lowest BCUT2D eigenvalue weighted by Gasteiger charge is -2.25. The van der Waals surface area contributed by atoms with Gasteiger partial charge in [-0.3, -0.25) is 4.79 Å². The number of hydrogen-bond donors (Lipinski definition) is 0. The van der Waals surface area contributed by atoms with E-state index in [1.165, 1.54) is 12.8 Å². The molecule has 0 bridgehead atoms. The van der Waals surface area contributed by atoms with Gasteiger partial charge in [-0.2, -0.15) is 0 Å². The predicted molar refractivity (Wildman–Crippen MR) is 81.0 cm³/mol. The Labute approximate surface area is 125 Å². The Balaban J connectivity index is 1.75. The van der Waals surface area contributed by atoms with E-state index < -0.39 is 0 Å². The van der Waals surface area contributed by atoms with Crippen molar-refractivity contribution in [1.82, 2.24) is 4.90 Å². The first-order valence-corrected chi connectivity index (χ1v) is 7.63. The molecule has 1 unspecified atom stereocenters. The van der Waals surface area contributed by atoms with Crippen LogP contribution in [-0.2, 0) is 16.0 Å². The van der Waals surface area contributed by atoms with Gasteiger partial charge in [0.1, 0.15) is 0 Å². The summed E-state index contributed by atoms with van der Waals surface area (Å²) in [5, 5.41) is 0.698. The molecule has 0 aromatic heterocycles. The number of hydrogen-bond acceptors (Lipinski definition) is 2. The number of rotatable bonds is 5. The van der Waals surface area contributed by atoms with Crippen LogP contribution in [0.3, 0.4) is 0 Å². The van der Waals surface area contributed by atoms with E-state index >= 15 is 0 Å². The lowest BCUT2D eigenvalue weighted by molar-refractivity contribution is -0.129. The van der Waals surface area contributed by atoms with Crippen molar-refractivity contribution in [1.29, 1.82) is 0 Å². The highest BCUT2D eigenvalue weighted by Gasteiger charge is 2.16. The van der Waals surface area contributed by atoms with Crippen molar-refractivity contribution in [3.8, 4) is 0 Å². The Bertz CT molecular complexity index is 427. The summed E-state index contributed by atoms with van der Waals surface area (Å²) in [4.78, 5) is 13.9. The SMILES string of the molecule is CN(CCC1CCCCO1)C(=O)Cc1ccc(Cl)cc1. The maximum Gasteiger partial charge on any atom is 0.226 e. The van der Waals surface area contributed by atoms with Crippen molar-refractivity contribution < 1.29 is 9.53 Å². The number of carbonyl (C=O) groups excluding carboxylic acids is 1. The Morgan fingerprint density at radius 3 is 2.75 bits per heavy atom. The largest absolute Gasteiger partial charge is 0.378 e. The Morgan fingerprint density at radius 1 is 1.35 bits per heavy atom. The van der Waals surface area contributed by atoms with E-state index in [0.717, 1.165) is 31.6 Å². The van der Waals surface area contributed by atoms with Crippen LogP contribution >= 0.6 is 11.6 Å². The van der Waals surface area contributed by atoms with E-state index in [1.54, 1.807) is 4.90 Å². The van der Waals surface area contributed by atoms with Gasteiger partial charge in [-0.25, -0.2) is 0 Å². The van der Waals surface area contributed by atoms with E-state index in [4.69, 9.17) is 16.3 Å². The highest BCUT2D eigenvalue weighted by molar-refractivity contribution is 6.30. The van der Waals surface area contributed by atoms with Gasteiger partial charge in [0.2, 0.25) is 5.91 Å². The van der Waals surface area contributed by atoms with Crippen LogP contribution in [0.5, 0.6) is 0 Å². The summed E-state index contributed by atoms with van der Waals surface area (Å²) in [6.45, 7) is 1.63. The summed E-state index contributed by atoms with van der Waals surface area (Å²) in [6.07, 6.45) is 5.23. The topological polar surface area (TPSA) is 29.5 Å². The average Bonchev–Trinajstić information content (AvgIpc) is 2.48. The minimum absolute atomic E-state index is 0.142. The van der Waals surface area contributed by atoms with Crippen molar-refractivity contribution in [2.24, 2.45) is 0 Å². The lowest BCUT2D eigenvalue weighted by Crippen LogP contribution is -2.32. The first kappa shape index (κ1) is 15.3. The molecule has 0 saturated carbocycles. The zero-order valence-corrected chi connectivity index (χ0v) is 12.7. The molecule has 1 aromatic carbocycles. The van der Waals surface area contributed by atoms with Crippen LogP contribution in [0.2, 0.25) is 5.02 Å². The van der Waals surface area contributed by atoms with Gasteiger partial charge in [-0.15, -0.1) is 0 Å². The maximum absolute atomic E-state index is 12.1. The molecule has 1 amide bonds.